The van der Waals surface area contributed by atoms with E-state index in [1.165, 1.54) is 9.47 Å². The molecule has 0 bridgehead atoms. The number of hydrogen-bond acceptors (Lipinski definition) is 5. The van der Waals surface area contributed by atoms with E-state index in [2.05, 4.69) is 4.98 Å². The van der Waals surface area contributed by atoms with E-state index in [9.17, 15) is 14.7 Å². The maximum Gasteiger partial charge on any atom is 0.407 e. The summed E-state index contributed by atoms with van der Waals surface area (Å²) in [6.07, 6.45) is 1.95. The first kappa shape index (κ1) is 22.8. The van der Waals surface area contributed by atoms with Crippen LogP contribution in [-0.4, -0.2) is 43.3 Å². The van der Waals surface area contributed by atoms with Crippen molar-refractivity contribution < 1.29 is 14.6 Å². The highest BCUT2D eigenvalue weighted by Gasteiger charge is 2.29. The maximum atomic E-state index is 13.7. The van der Waals surface area contributed by atoms with Gasteiger partial charge in [0, 0.05) is 24.3 Å². The van der Waals surface area contributed by atoms with Crippen molar-refractivity contribution in [1.29, 1.82) is 0 Å². The summed E-state index contributed by atoms with van der Waals surface area (Å²) in [5, 5.41) is 10.1. The summed E-state index contributed by atoms with van der Waals surface area (Å²) in [5.41, 5.74) is 8.65. The van der Waals surface area contributed by atoms with Crippen LogP contribution in [0.1, 0.15) is 24.4 Å². The van der Waals surface area contributed by atoms with Crippen molar-refractivity contribution in [1.82, 2.24) is 19.0 Å². The number of aromatic nitrogens is 3. The number of ether oxygens (including phenoxy) is 1. The van der Waals surface area contributed by atoms with Crippen molar-refractivity contribution in [3.8, 4) is 11.4 Å². The fourth-order valence-corrected chi connectivity index (χ4v) is 4.69. The second kappa shape index (κ2) is 9.34. The molecule has 1 saturated heterocycles. The van der Waals surface area contributed by atoms with Crippen LogP contribution in [0.15, 0.2) is 65.6 Å². The molecule has 9 nitrogen and oxygen atoms in total. The number of rotatable bonds is 5. The lowest BCUT2D eigenvalue weighted by molar-refractivity contribution is 0.121. The van der Waals surface area contributed by atoms with Gasteiger partial charge in [0.25, 0.3) is 0 Å². The zero-order valence-corrected chi connectivity index (χ0v) is 19.6. The third-order valence-corrected chi connectivity index (χ3v) is 6.51. The normalized spacial score (nSPS) is 15.9. The molecule has 1 aliphatic rings. The summed E-state index contributed by atoms with van der Waals surface area (Å²) in [7, 11) is 0. The predicted molar refractivity (Wildman–Crippen MR) is 133 cm³/mol. The average Bonchev–Trinajstić information content (AvgIpc) is 3.17. The van der Waals surface area contributed by atoms with Crippen molar-refractivity contribution in [2.45, 2.75) is 25.5 Å². The number of pyridine rings is 1. The standard InChI is InChI=1S/C25H24ClN5O4/c26-17-5-3-16(4-6-17)15-35-20-9-7-18(8-10-20)31-22-21(11-12-28-23(22)27)30(24(31)32)19-2-1-13-29(14-19)25(33)34/h3-12,19H,1-2,13-15H2,(H2,27,28)(H,33,34). The molecule has 0 radical (unpaired) electrons. The molecular formula is C25H24ClN5O4. The lowest BCUT2D eigenvalue weighted by atomic mass is 10.1. The molecular weight excluding hydrogens is 470 g/mol. The van der Waals surface area contributed by atoms with Crippen LogP contribution in [0.5, 0.6) is 5.75 Å². The number of benzene rings is 2. The van der Waals surface area contributed by atoms with Gasteiger partial charge < -0.3 is 20.5 Å². The van der Waals surface area contributed by atoms with Crippen LogP contribution in [0.3, 0.4) is 0 Å². The van der Waals surface area contributed by atoms with Crippen molar-refractivity contribution in [2.75, 3.05) is 18.8 Å². The summed E-state index contributed by atoms with van der Waals surface area (Å²) in [5.74, 6) is 0.878. The van der Waals surface area contributed by atoms with Crippen LogP contribution in [-0.2, 0) is 6.61 Å². The number of imidazole rings is 1. The van der Waals surface area contributed by atoms with Gasteiger partial charge in [-0.2, -0.15) is 0 Å². The fraction of sp³-hybridized carbons (Fsp3) is 0.240. The number of amides is 1. The monoisotopic (exact) mass is 493 g/mol. The molecule has 0 aliphatic carbocycles. The van der Waals surface area contributed by atoms with E-state index in [0.29, 0.717) is 53.5 Å². The number of nitrogens with zero attached hydrogens (tertiary/aromatic N) is 4. The van der Waals surface area contributed by atoms with Gasteiger partial charge in [0.1, 0.15) is 23.7 Å². The quantitative estimate of drug-likeness (QED) is 0.428. The van der Waals surface area contributed by atoms with Gasteiger partial charge in [0.05, 0.1) is 17.2 Å². The summed E-state index contributed by atoms with van der Waals surface area (Å²) in [4.78, 5) is 30.7. The molecule has 0 saturated carbocycles. The number of likely N-dealkylation sites (tertiary alicyclic amines) is 1. The minimum absolute atomic E-state index is 0.229. The molecule has 2 aromatic heterocycles. The van der Waals surface area contributed by atoms with Gasteiger partial charge in [0.2, 0.25) is 0 Å². The molecule has 3 heterocycles. The van der Waals surface area contributed by atoms with Crippen LogP contribution in [0.25, 0.3) is 16.7 Å². The first-order valence-electron chi connectivity index (χ1n) is 11.3. The second-order valence-corrected chi connectivity index (χ2v) is 8.92. The highest BCUT2D eigenvalue weighted by molar-refractivity contribution is 6.30. The van der Waals surface area contributed by atoms with E-state index in [1.54, 1.807) is 41.1 Å². The van der Waals surface area contributed by atoms with E-state index in [4.69, 9.17) is 22.1 Å². The topological polar surface area (TPSA) is 116 Å². The molecule has 35 heavy (non-hydrogen) atoms. The summed E-state index contributed by atoms with van der Waals surface area (Å²) < 4.78 is 9.04. The molecule has 180 valence electrons. The Labute approximate surface area is 205 Å². The number of piperidine rings is 1. The van der Waals surface area contributed by atoms with E-state index in [0.717, 1.165) is 5.56 Å². The third kappa shape index (κ3) is 4.42. The minimum atomic E-state index is -0.984. The molecule has 1 unspecified atom stereocenters. The third-order valence-electron chi connectivity index (χ3n) is 6.26. The zero-order valence-electron chi connectivity index (χ0n) is 18.8. The van der Waals surface area contributed by atoms with Crippen LogP contribution in [0, 0.1) is 0 Å². The smallest absolute Gasteiger partial charge is 0.407 e. The number of nitrogen functional groups attached to an aromatic ring is 1. The molecule has 0 spiro atoms. The Morgan fingerprint density at radius 3 is 2.60 bits per heavy atom. The summed E-state index contributed by atoms with van der Waals surface area (Å²) in [6.45, 7) is 1.09. The Balaban J connectivity index is 1.48. The van der Waals surface area contributed by atoms with Crippen LogP contribution >= 0.6 is 11.6 Å². The van der Waals surface area contributed by atoms with Gasteiger partial charge in [-0.05, 0) is 60.9 Å². The molecule has 1 atom stereocenters. The SMILES string of the molecule is Nc1nccc2c1n(-c1ccc(OCc3ccc(Cl)cc3)cc1)c(=O)n2C1CCCN(C(=O)O)C1. The Hall–Kier alpha value is -3.98. The number of carbonyl (C=O) groups is 1. The van der Waals surface area contributed by atoms with Crippen LogP contribution in [0.2, 0.25) is 5.02 Å². The van der Waals surface area contributed by atoms with Gasteiger partial charge in [-0.3, -0.25) is 9.13 Å². The predicted octanol–water partition coefficient (Wildman–Crippen LogP) is 4.32. The van der Waals surface area contributed by atoms with Crippen molar-refractivity contribution >= 4 is 34.5 Å². The van der Waals surface area contributed by atoms with Gasteiger partial charge >= 0.3 is 11.8 Å². The van der Waals surface area contributed by atoms with Crippen LogP contribution in [0.4, 0.5) is 10.6 Å². The first-order chi connectivity index (χ1) is 16.9. The van der Waals surface area contributed by atoms with E-state index in [-0.39, 0.29) is 24.1 Å². The Bertz CT molecular complexity index is 1430. The molecule has 4 aromatic rings. The zero-order chi connectivity index (χ0) is 24.5. The number of anilines is 1. The highest BCUT2D eigenvalue weighted by Crippen LogP contribution is 2.29. The minimum Gasteiger partial charge on any atom is -0.489 e. The largest absolute Gasteiger partial charge is 0.489 e. The van der Waals surface area contributed by atoms with Crippen molar-refractivity contribution in [3.63, 3.8) is 0 Å². The molecule has 1 fully saturated rings. The summed E-state index contributed by atoms with van der Waals surface area (Å²) in [6, 6.07) is 16.0. The summed E-state index contributed by atoms with van der Waals surface area (Å²) >= 11 is 5.93. The Morgan fingerprint density at radius 1 is 1.14 bits per heavy atom. The number of carboxylic acid groups (broad SMARTS) is 1. The van der Waals surface area contributed by atoms with E-state index < -0.39 is 6.09 Å². The molecule has 3 N–H and O–H groups in total. The number of nitrogens with two attached hydrogens (primary N) is 1. The highest BCUT2D eigenvalue weighted by atomic mass is 35.5. The number of hydrogen-bond donors (Lipinski definition) is 2. The molecule has 1 amide bonds. The first-order valence-corrected chi connectivity index (χ1v) is 11.6. The Kier molecular flexibility index (Phi) is 6.08. The van der Waals surface area contributed by atoms with Crippen molar-refractivity contribution in [3.05, 3.63) is 81.9 Å². The van der Waals surface area contributed by atoms with E-state index >= 15 is 0 Å². The molecule has 10 heteroatoms. The van der Waals surface area contributed by atoms with Gasteiger partial charge in [-0.1, -0.05) is 23.7 Å². The number of halogens is 1. The molecule has 5 rings (SSSR count). The molecule has 2 aromatic carbocycles. The Morgan fingerprint density at radius 2 is 1.89 bits per heavy atom. The van der Waals surface area contributed by atoms with Crippen molar-refractivity contribution in [2.24, 2.45) is 0 Å². The van der Waals surface area contributed by atoms with Gasteiger partial charge in [0.15, 0.2) is 0 Å². The van der Waals surface area contributed by atoms with E-state index in [1.807, 2.05) is 24.3 Å². The molecule has 1 aliphatic heterocycles. The average molecular weight is 494 g/mol. The lowest BCUT2D eigenvalue weighted by Crippen LogP contribution is -2.42. The van der Waals surface area contributed by atoms with Gasteiger partial charge in [-0.15, -0.1) is 0 Å². The van der Waals surface area contributed by atoms with Gasteiger partial charge in [-0.25, -0.2) is 14.6 Å². The van der Waals surface area contributed by atoms with Crippen LogP contribution < -0.4 is 16.2 Å². The fourth-order valence-electron chi connectivity index (χ4n) is 4.56. The second-order valence-electron chi connectivity index (χ2n) is 8.49. The lowest BCUT2D eigenvalue weighted by Gasteiger charge is -2.31. The number of fused-ring (bicyclic) bond motifs is 1. The maximum absolute atomic E-state index is 13.7.